The molecule has 0 bridgehead atoms. The van der Waals surface area contributed by atoms with E-state index >= 15 is 0 Å². The molecule has 59 heavy (non-hydrogen) atoms. The standard InChI is InChI=1S/C58H43N/c1-3-14-40(15-4-1)41-28-32-49(33-29-41)59(51-34-30-43-20-11-19-42-16-7-8-25-52(42)56(43)39-51)50-24-13-23-47(37-50)45-21-12-22-46(36-45)48-31-35-55-57(38-48)53-26-9-10-27-54(53)58(55)44-17-5-2-6-18-44/h1-10,12-18,21-39,58H,11,19-20H2. The SMILES string of the molecule is c1ccc(-c2ccc(N(c3cccc(-c4cccc(-c5ccc6c(c5)-c5ccccc5C6c5ccccc5)c4)c3)c3ccc4c(c3)-c3ccccc3CCC4)cc2)cc1. The van der Waals surface area contributed by atoms with Gasteiger partial charge < -0.3 is 4.90 Å². The molecule has 0 N–H and O–H groups in total. The van der Waals surface area contributed by atoms with E-state index in [9.17, 15) is 0 Å². The van der Waals surface area contributed by atoms with Gasteiger partial charge in [0, 0.05) is 23.0 Å². The van der Waals surface area contributed by atoms with Crippen LogP contribution in [-0.2, 0) is 12.8 Å². The number of aryl methyl sites for hydroxylation is 2. The molecule has 1 heteroatoms. The van der Waals surface area contributed by atoms with Crippen molar-refractivity contribution in [3.63, 3.8) is 0 Å². The van der Waals surface area contributed by atoms with E-state index in [2.05, 4.69) is 223 Å². The number of fused-ring (bicyclic) bond motifs is 6. The van der Waals surface area contributed by atoms with E-state index in [0.29, 0.717) is 0 Å². The second kappa shape index (κ2) is 14.9. The first kappa shape index (κ1) is 35.0. The Morgan fingerprint density at radius 1 is 0.305 bits per heavy atom. The normalized spacial score (nSPS) is 13.7. The van der Waals surface area contributed by atoms with Gasteiger partial charge in [-0.3, -0.25) is 0 Å². The van der Waals surface area contributed by atoms with E-state index in [-0.39, 0.29) is 5.92 Å². The Bertz CT molecular complexity index is 2960. The zero-order valence-corrected chi connectivity index (χ0v) is 32.9. The van der Waals surface area contributed by atoms with Crippen LogP contribution in [0.25, 0.3) is 55.6 Å². The Morgan fingerprint density at radius 2 is 0.847 bits per heavy atom. The van der Waals surface area contributed by atoms with Gasteiger partial charge in [-0.05, 0) is 151 Å². The van der Waals surface area contributed by atoms with Crippen LogP contribution in [0.1, 0.15) is 40.2 Å². The fraction of sp³-hybridized carbons (Fsp3) is 0.0690. The molecular formula is C58H43N. The Hall–Kier alpha value is -7.22. The van der Waals surface area contributed by atoms with Gasteiger partial charge in [-0.15, -0.1) is 0 Å². The second-order valence-corrected chi connectivity index (χ2v) is 16.0. The predicted octanol–water partition coefficient (Wildman–Crippen LogP) is 15.5. The number of anilines is 3. The molecule has 280 valence electrons. The lowest BCUT2D eigenvalue weighted by Crippen LogP contribution is -2.10. The minimum absolute atomic E-state index is 0.248. The van der Waals surface area contributed by atoms with Crippen LogP contribution < -0.4 is 4.90 Å². The number of nitrogens with zero attached hydrogens (tertiary/aromatic N) is 1. The highest BCUT2D eigenvalue weighted by Gasteiger charge is 2.30. The topological polar surface area (TPSA) is 3.24 Å². The number of rotatable bonds is 7. The largest absolute Gasteiger partial charge is 0.310 e. The van der Waals surface area contributed by atoms with Crippen LogP contribution in [0, 0.1) is 0 Å². The summed E-state index contributed by atoms with van der Waals surface area (Å²) in [5.74, 6) is 0.248. The van der Waals surface area contributed by atoms with Crippen molar-refractivity contribution in [3.8, 4) is 55.6 Å². The summed E-state index contributed by atoms with van der Waals surface area (Å²) in [6, 6.07) is 80.8. The van der Waals surface area contributed by atoms with Crippen molar-refractivity contribution < 1.29 is 0 Å². The maximum atomic E-state index is 2.43. The van der Waals surface area contributed by atoms with E-state index in [1.807, 2.05) is 0 Å². The highest BCUT2D eigenvalue weighted by atomic mass is 15.1. The molecule has 1 unspecified atom stereocenters. The second-order valence-electron chi connectivity index (χ2n) is 16.0. The van der Waals surface area contributed by atoms with Gasteiger partial charge in [0.2, 0.25) is 0 Å². The van der Waals surface area contributed by atoms with Crippen molar-refractivity contribution in [2.75, 3.05) is 4.90 Å². The van der Waals surface area contributed by atoms with Gasteiger partial charge in [0.1, 0.15) is 0 Å². The first-order chi connectivity index (χ1) is 29.2. The van der Waals surface area contributed by atoms with E-state index in [1.54, 1.807) is 0 Å². The Balaban J connectivity index is 0.989. The van der Waals surface area contributed by atoms with Crippen LogP contribution >= 0.6 is 0 Å². The fourth-order valence-corrected chi connectivity index (χ4v) is 9.61. The summed E-state index contributed by atoms with van der Waals surface area (Å²) in [7, 11) is 0. The van der Waals surface area contributed by atoms with Gasteiger partial charge in [0.15, 0.2) is 0 Å². The van der Waals surface area contributed by atoms with Crippen LogP contribution in [0.4, 0.5) is 17.1 Å². The first-order valence-corrected chi connectivity index (χ1v) is 20.9. The van der Waals surface area contributed by atoms with Gasteiger partial charge >= 0.3 is 0 Å². The van der Waals surface area contributed by atoms with Gasteiger partial charge in [-0.25, -0.2) is 0 Å². The number of hydrogen-bond donors (Lipinski definition) is 0. The maximum Gasteiger partial charge on any atom is 0.0467 e. The summed E-state index contributed by atoms with van der Waals surface area (Å²) in [5, 5.41) is 0. The molecule has 0 heterocycles. The van der Waals surface area contributed by atoms with E-state index < -0.39 is 0 Å². The van der Waals surface area contributed by atoms with Gasteiger partial charge in [-0.2, -0.15) is 0 Å². The van der Waals surface area contributed by atoms with Crippen LogP contribution in [0.5, 0.6) is 0 Å². The highest BCUT2D eigenvalue weighted by molar-refractivity contribution is 5.87. The van der Waals surface area contributed by atoms with Gasteiger partial charge in [-0.1, -0.05) is 170 Å². The minimum atomic E-state index is 0.248. The lowest BCUT2D eigenvalue weighted by atomic mass is 9.89. The molecule has 9 aromatic rings. The molecule has 2 aliphatic rings. The molecule has 0 aliphatic heterocycles. The molecule has 0 aromatic heterocycles. The molecule has 0 amide bonds. The molecule has 1 nitrogen and oxygen atoms in total. The molecule has 1 atom stereocenters. The Morgan fingerprint density at radius 3 is 1.64 bits per heavy atom. The summed E-state index contributed by atoms with van der Waals surface area (Å²) < 4.78 is 0. The zero-order valence-electron chi connectivity index (χ0n) is 32.9. The van der Waals surface area contributed by atoms with E-state index in [0.717, 1.165) is 29.9 Å². The summed E-state index contributed by atoms with van der Waals surface area (Å²) >= 11 is 0. The lowest BCUT2D eigenvalue weighted by Gasteiger charge is -2.27. The quantitative estimate of drug-likeness (QED) is 0.157. The first-order valence-electron chi connectivity index (χ1n) is 20.9. The minimum Gasteiger partial charge on any atom is -0.310 e. The number of benzene rings is 9. The summed E-state index contributed by atoms with van der Waals surface area (Å²) in [4.78, 5) is 2.43. The number of hydrogen-bond acceptors (Lipinski definition) is 1. The van der Waals surface area contributed by atoms with E-state index in [1.165, 1.54) is 89.9 Å². The average Bonchev–Trinajstić information content (AvgIpc) is 3.52. The van der Waals surface area contributed by atoms with Crippen molar-refractivity contribution in [3.05, 3.63) is 246 Å². The van der Waals surface area contributed by atoms with Crippen LogP contribution in [0.3, 0.4) is 0 Å². The predicted molar refractivity (Wildman–Crippen MR) is 248 cm³/mol. The molecule has 0 fully saturated rings. The monoisotopic (exact) mass is 753 g/mol. The molecule has 0 saturated carbocycles. The Kier molecular flexibility index (Phi) is 8.86. The summed E-state index contributed by atoms with van der Waals surface area (Å²) in [5.41, 5.74) is 23.0. The summed E-state index contributed by atoms with van der Waals surface area (Å²) in [6.07, 6.45) is 3.37. The third-order valence-corrected chi connectivity index (χ3v) is 12.5. The van der Waals surface area contributed by atoms with Crippen molar-refractivity contribution in [2.45, 2.75) is 25.2 Å². The third-order valence-electron chi connectivity index (χ3n) is 12.5. The van der Waals surface area contributed by atoms with Gasteiger partial charge in [0.25, 0.3) is 0 Å². The molecule has 9 aromatic carbocycles. The van der Waals surface area contributed by atoms with Crippen molar-refractivity contribution in [1.82, 2.24) is 0 Å². The zero-order chi connectivity index (χ0) is 39.1. The van der Waals surface area contributed by atoms with Crippen LogP contribution in [-0.4, -0.2) is 0 Å². The summed E-state index contributed by atoms with van der Waals surface area (Å²) in [6.45, 7) is 0. The molecular weight excluding hydrogens is 711 g/mol. The van der Waals surface area contributed by atoms with Crippen molar-refractivity contribution >= 4 is 17.1 Å². The van der Waals surface area contributed by atoms with Gasteiger partial charge in [0.05, 0.1) is 0 Å². The third kappa shape index (κ3) is 6.46. The molecule has 0 saturated heterocycles. The van der Waals surface area contributed by atoms with E-state index in [4.69, 9.17) is 0 Å². The molecule has 0 radical (unpaired) electrons. The molecule has 2 aliphatic carbocycles. The maximum absolute atomic E-state index is 2.43. The Labute approximate surface area is 347 Å². The highest BCUT2D eigenvalue weighted by Crippen LogP contribution is 2.49. The average molecular weight is 754 g/mol. The fourth-order valence-electron chi connectivity index (χ4n) is 9.61. The van der Waals surface area contributed by atoms with Crippen molar-refractivity contribution in [1.29, 1.82) is 0 Å². The van der Waals surface area contributed by atoms with Crippen LogP contribution in [0.15, 0.2) is 218 Å². The molecule has 11 rings (SSSR count). The lowest BCUT2D eigenvalue weighted by molar-refractivity contribution is 0.834. The van der Waals surface area contributed by atoms with Crippen LogP contribution in [0.2, 0.25) is 0 Å². The molecule has 0 spiro atoms. The van der Waals surface area contributed by atoms with Crippen molar-refractivity contribution in [2.24, 2.45) is 0 Å². The smallest absolute Gasteiger partial charge is 0.0467 e.